The molecule has 0 aliphatic rings. The lowest BCUT2D eigenvalue weighted by Crippen LogP contribution is -2.14. The lowest BCUT2D eigenvalue weighted by Gasteiger charge is -2.17. The van der Waals surface area contributed by atoms with E-state index in [-0.39, 0.29) is 23.6 Å². The minimum absolute atomic E-state index is 0.0652. The molecule has 0 aliphatic carbocycles. The molecule has 0 bridgehead atoms. The Kier molecular flexibility index (Phi) is 6.15. The van der Waals surface area contributed by atoms with E-state index in [0.29, 0.717) is 34.5 Å². The van der Waals surface area contributed by atoms with E-state index in [1.807, 2.05) is 16.7 Å². The van der Waals surface area contributed by atoms with Crippen LogP contribution in [0.5, 0.6) is 0 Å². The number of fused-ring (bicyclic) bond motifs is 1. The number of halogens is 2. The van der Waals surface area contributed by atoms with Crippen molar-refractivity contribution in [2.24, 2.45) is 0 Å². The number of nitrogens with one attached hydrogen (secondary N) is 1. The van der Waals surface area contributed by atoms with Crippen LogP contribution in [0.4, 0.5) is 14.5 Å². The van der Waals surface area contributed by atoms with Gasteiger partial charge in [-0.05, 0) is 41.5 Å². The number of anilines is 1. The van der Waals surface area contributed by atoms with Crippen LogP contribution in [-0.4, -0.2) is 26.5 Å². The van der Waals surface area contributed by atoms with E-state index in [2.05, 4.69) is 10.3 Å². The molecule has 0 unspecified atom stereocenters. The lowest BCUT2D eigenvalue weighted by atomic mass is 10.0. The second kappa shape index (κ2) is 9.05. The fraction of sp³-hybridized carbons (Fsp3) is 0.192. The van der Waals surface area contributed by atoms with Gasteiger partial charge in [-0.25, -0.2) is 18.6 Å². The summed E-state index contributed by atoms with van der Waals surface area (Å²) < 4.78 is 30.4. The summed E-state index contributed by atoms with van der Waals surface area (Å²) in [6.45, 7) is 2.45. The molecule has 6 nitrogen and oxygen atoms in total. The molecule has 174 valence electrons. The first-order valence-corrected chi connectivity index (χ1v) is 10.7. The van der Waals surface area contributed by atoms with E-state index in [9.17, 15) is 23.5 Å². The first-order valence-electron chi connectivity index (χ1n) is 10.7. The molecular weight excluding hydrogens is 440 g/mol. The van der Waals surface area contributed by atoms with Crippen LogP contribution < -0.4 is 5.32 Å². The molecule has 0 spiro atoms. The Morgan fingerprint density at radius 2 is 1.76 bits per heavy atom. The van der Waals surface area contributed by atoms with Gasteiger partial charge in [-0.3, -0.25) is 4.79 Å². The van der Waals surface area contributed by atoms with E-state index in [0.717, 1.165) is 12.5 Å². The highest BCUT2D eigenvalue weighted by molar-refractivity contribution is 5.92. The average molecular weight is 463 g/mol. The number of imidazole rings is 1. The second-order valence-corrected chi connectivity index (χ2v) is 8.22. The third-order valence-electron chi connectivity index (χ3n) is 5.53. The van der Waals surface area contributed by atoms with Gasteiger partial charge in [0.15, 0.2) is 0 Å². The number of nitrogens with zero attached hydrogens (tertiary/aromatic N) is 2. The number of aromatic nitrogens is 2. The van der Waals surface area contributed by atoms with Crippen molar-refractivity contribution in [3.05, 3.63) is 94.8 Å². The summed E-state index contributed by atoms with van der Waals surface area (Å²) in [7, 11) is 0. The van der Waals surface area contributed by atoms with Crippen molar-refractivity contribution in [2.45, 2.75) is 32.7 Å². The second-order valence-electron chi connectivity index (χ2n) is 8.22. The fourth-order valence-corrected chi connectivity index (χ4v) is 3.97. The van der Waals surface area contributed by atoms with Crippen LogP contribution in [0.1, 0.15) is 46.7 Å². The third kappa shape index (κ3) is 4.96. The van der Waals surface area contributed by atoms with E-state index in [4.69, 9.17) is 0 Å². The van der Waals surface area contributed by atoms with Crippen molar-refractivity contribution < 1.29 is 23.5 Å². The molecule has 0 aliphatic heterocycles. The van der Waals surface area contributed by atoms with Crippen LogP contribution in [0.3, 0.4) is 0 Å². The van der Waals surface area contributed by atoms with Crippen molar-refractivity contribution >= 4 is 28.6 Å². The quantitative estimate of drug-likeness (QED) is 0.382. The molecule has 0 saturated heterocycles. The summed E-state index contributed by atoms with van der Waals surface area (Å²) in [6, 6.07) is 18.3. The number of carboxylic acid groups (broad SMARTS) is 1. The summed E-state index contributed by atoms with van der Waals surface area (Å²) in [5, 5.41) is 12.1. The maximum Gasteiger partial charge on any atom is 0.335 e. The summed E-state index contributed by atoms with van der Waals surface area (Å²) in [6.07, 6.45) is 0.391. The molecule has 0 atom stereocenters. The molecule has 2 N–H and O–H groups in total. The fourth-order valence-electron chi connectivity index (χ4n) is 3.97. The molecule has 4 rings (SSSR count). The van der Waals surface area contributed by atoms with Crippen LogP contribution in [0.15, 0.2) is 66.7 Å². The summed E-state index contributed by atoms with van der Waals surface area (Å²) in [5.41, 5.74) is 3.19. The Balaban J connectivity index is 1.77. The molecule has 8 heteroatoms. The van der Waals surface area contributed by atoms with Crippen LogP contribution >= 0.6 is 0 Å². The number of rotatable bonds is 7. The van der Waals surface area contributed by atoms with Gasteiger partial charge >= 0.3 is 5.97 Å². The standard InChI is InChI=1S/C26H23F2N3O3/c1-16(32)29-20-10-7-17(8-11-20)13-24-30-22-14-18(25(33)34)9-12-23(22)31(24)15-19-5-3-4-6-21(19)26(2,27)28/h3-12,14H,13,15H2,1-2H3,(H,29,32)(H,33,34). The van der Waals surface area contributed by atoms with Gasteiger partial charge in [0.2, 0.25) is 5.91 Å². The summed E-state index contributed by atoms with van der Waals surface area (Å²) >= 11 is 0. The van der Waals surface area contributed by atoms with Crippen molar-refractivity contribution in [1.29, 1.82) is 0 Å². The molecule has 1 amide bonds. The number of hydrogen-bond donors (Lipinski definition) is 2. The highest BCUT2D eigenvalue weighted by atomic mass is 19.3. The normalized spacial score (nSPS) is 11.5. The van der Waals surface area contributed by atoms with Crippen molar-refractivity contribution in [3.8, 4) is 0 Å². The van der Waals surface area contributed by atoms with Gasteiger partial charge in [-0.1, -0.05) is 36.4 Å². The molecule has 0 fully saturated rings. The summed E-state index contributed by atoms with van der Waals surface area (Å²) in [4.78, 5) is 27.3. The van der Waals surface area contributed by atoms with Crippen molar-refractivity contribution in [2.75, 3.05) is 5.32 Å². The zero-order valence-corrected chi connectivity index (χ0v) is 18.7. The van der Waals surface area contributed by atoms with E-state index in [1.54, 1.807) is 36.4 Å². The third-order valence-corrected chi connectivity index (χ3v) is 5.53. The highest BCUT2D eigenvalue weighted by Crippen LogP contribution is 2.31. The number of aromatic carboxylic acids is 1. The largest absolute Gasteiger partial charge is 0.478 e. The van der Waals surface area contributed by atoms with E-state index < -0.39 is 11.9 Å². The Morgan fingerprint density at radius 1 is 1.06 bits per heavy atom. The average Bonchev–Trinajstić information content (AvgIpc) is 3.10. The maximum absolute atomic E-state index is 14.3. The summed E-state index contributed by atoms with van der Waals surface area (Å²) in [5.74, 6) is -3.64. The number of carbonyl (C=O) groups excluding carboxylic acids is 1. The van der Waals surface area contributed by atoms with Crippen molar-refractivity contribution in [3.63, 3.8) is 0 Å². The molecule has 4 aromatic rings. The number of carbonyl (C=O) groups is 2. The van der Waals surface area contributed by atoms with Gasteiger partial charge in [0, 0.05) is 38.1 Å². The first kappa shape index (κ1) is 23.1. The molecule has 1 aromatic heterocycles. The smallest absolute Gasteiger partial charge is 0.335 e. The molecule has 3 aromatic carbocycles. The molecule has 0 saturated carbocycles. The lowest BCUT2D eigenvalue weighted by molar-refractivity contribution is -0.114. The van der Waals surface area contributed by atoms with Gasteiger partial charge in [0.25, 0.3) is 5.92 Å². The Labute approximate surface area is 194 Å². The Bertz CT molecular complexity index is 1370. The highest BCUT2D eigenvalue weighted by Gasteiger charge is 2.27. The number of carboxylic acids is 1. The molecule has 1 heterocycles. The van der Waals surface area contributed by atoms with Crippen LogP contribution in [0.25, 0.3) is 11.0 Å². The van der Waals surface area contributed by atoms with Crippen LogP contribution in [0.2, 0.25) is 0 Å². The van der Waals surface area contributed by atoms with E-state index >= 15 is 0 Å². The predicted molar refractivity (Wildman–Crippen MR) is 125 cm³/mol. The molecule has 0 radical (unpaired) electrons. The van der Waals surface area contributed by atoms with Gasteiger partial charge in [-0.2, -0.15) is 0 Å². The van der Waals surface area contributed by atoms with Gasteiger partial charge < -0.3 is 15.0 Å². The van der Waals surface area contributed by atoms with Crippen LogP contribution in [0, 0.1) is 0 Å². The number of amides is 1. The minimum atomic E-state index is -3.01. The number of alkyl halides is 2. The molecule has 34 heavy (non-hydrogen) atoms. The monoisotopic (exact) mass is 463 g/mol. The zero-order chi connectivity index (χ0) is 24.5. The Morgan fingerprint density at radius 3 is 2.41 bits per heavy atom. The van der Waals surface area contributed by atoms with Gasteiger partial charge in [0.1, 0.15) is 5.82 Å². The maximum atomic E-state index is 14.3. The number of hydrogen-bond acceptors (Lipinski definition) is 3. The molecular formula is C26H23F2N3O3. The first-order chi connectivity index (χ1) is 16.1. The van der Waals surface area contributed by atoms with Gasteiger partial charge in [-0.15, -0.1) is 0 Å². The van der Waals surface area contributed by atoms with Gasteiger partial charge in [0.05, 0.1) is 16.6 Å². The predicted octanol–water partition coefficient (Wildman–Crippen LogP) is 5.44. The van der Waals surface area contributed by atoms with Crippen LogP contribution in [-0.2, 0) is 23.7 Å². The van der Waals surface area contributed by atoms with E-state index in [1.165, 1.54) is 25.1 Å². The van der Waals surface area contributed by atoms with Crippen molar-refractivity contribution in [1.82, 2.24) is 9.55 Å². The minimum Gasteiger partial charge on any atom is -0.478 e. The SMILES string of the molecule is CC(=O)Nc1ccc(Cc2nc3cc(C(=O)O)ccc3n2Cc2ccccc2C(C)(F)F)cc1. The topological polar surface area (TPSA) is 84.2 Å². The Hall–Kier alpha value is -4.07. The number of benzene rings is 3. The zero-order valence-electron chi connectivity index (χ0n) is 18.7.